The molecule has 2 rings (SSSR count). The van der Waals surface area contributed by atoms with Crippen molar-refractivity contribution < 1.29 is 0 Å². The number of fused-ring (bicyclic) bond motifs is 1. The number of benzene rings is 1. The molecule has 0 radical (unpaired) electrons. The normalized spacial score (nSPS) is 11.3. The second kappa shape index (κ2) is 8.30. The lowest BCUT2D eigenvalue weighted by atomic mass is 10.2. The molecule has 0 aliphatic heterocycles. The summed E-state index contributed by atoms with van der Waals surface area (Å²) in [5, 5.41) is 0. The summed E-state index contributed by atoms with van der Waals surface area (Å²) >= 11 is 11.5. The number of unbranched alkanes of at least 4 members (excludes halogenated alkanes) is 3. The van der Waals surface area contributed by atoms with Gasteiger partial charge >= 0.3 is 0 Å². The molecule has 0 N–H and O–H groups in total. The number of hydrogen-bond donors (Lipinski definition) is 0. The van der Waals surface area contributed by atoms with Gasteiger partial charge in [0.25, 0.3) is 0 Å². The van der Waals surface area contributed by atoms with E-state index in [1.54, 1.807) is 0 Å². The zero-order valence-corrected chi connectivity index (χ0v) is 14.9. The quantitative estimate of drug-likeness (QED) is 0.450. The van der Waals surface area contributed by atoms with Crippen LogP contribution in [0.3, 0.4) is 0 Å². The summed E-state index contributed by atoms with van der Waals surface area (Å²) in [6.45, 7) is 1.01. The largest absolute Gasteiger partial charge is 0.327 e. The Morgan fingerprint density at radius 3 is 2.80 bits per heavy atom. The minimum Gasteiger partial charge on any atom is -0.327 e. The van der Waals surface area contributed by atoms with Crippen molar-refractivity contribution in [2.24, 2.45) is 0 Å². The highest BCUT2D eigenvalue weighted by Gasteiger charge is 2.09. The van der Waals surface area contributed by atoms with E-state index in [0.29, 0.717) is 5.88 Å². The van der Waals surface area contributed by atoms with Crippen molar-refractivity contribution in [3.8, 4) is 0 Å². The molecule has 1 heterocycles. The highest BCUT2D eigenvalue weighted by Crippen LogP contribution is 2.22. The van der Waals surface area contributed by atoms with Gasteiger partial charge < -0.3 is 4.57 Å². The Bertz CT molecular complexity index is 556. The van der Waals surface area contributed by atoms with E-state index in [2.05, 4.69) is 37.8 Å². The van der Waals surface area contributed by atoms with Gasteiger partial charge in [0.05, 0.1) is 16.9 Å². The molecule has 2 aromatic rings. The average molecular weight is 376 g/mol. The predicted molar refractivity (Wildman–Crippen MR) is 93.8 cm³/mol. The van der Waals surface area contributed by atoms with E-state index in [4.69, 9.17) is 11.6 Å². The molecule has 0 saturated carbocycles. The zero-order chi connectivity index (χ0) is 14.4. The fraction of sp³-hybridized carbons (Fsp3) is 0.533. The number of hydrogen-bond acceptors (Lipinski definition) is 2. The zero-order valence-electron chi connectivity index (χ0n) is 11.7. The smallest absolute Gasteiger partial charge is 0.124 e. The van der Waals surface area contributed by atoms with Gasteiger partial charge in [-0.2, -0.15) is 11.8 Å². The molecule has 0 aliphatic rings. The average Bonchev–Trinajstić information content (AvgIpc) is 2.80. The fourth-order valence-corrected chi connectivity index (χ4v) is 3.41. The summed E-state index contributed by atoms with van der Waals surface area (Å²) in [6, 6.07) is 6.21. The van der Waals surface area contributed by atoms with Crippen molar-refractivity contribution in [1.29, 1.82) is 0 Å². The van der Waals surface area contributed by atoms with E-state index in [1.165, 1.54) is 37.0 Å². The third kappa shape index (κ3) is 4.15. The number of alkyl halides is 1. The summed E-state index contributed by atoms with van der Waals surface area (Å²) in [5.74, 6) is 2.72. The Morgan fingerprint density at radius 2 is 2.05 bits per heavy atom. The van der Waals surface area contributed by atoms with E-state index >= 15 is 0 Å². The lowest BCUT2D eigenvalue weighted by molar-refractivity contribution is 0.582. The monoisotopic (exact) mass is 374 g/mol. The molecule has 0 amide bonds. The van der Waals surface area contributed by atoms with Crippen molar-refractivity contribution in [3.63, 3.8) is 0 Å². The van der Waals surface area contributed by atoms with Crippen LogP contribution in [0.4, 0.5) is 0 Å². The number of halogens is 2. The van der Waals surface area contributed by atoms with Crippen LogP contribution in [0.2, 0.25) is 0 Å². The van der Waals surface area contributed by atoms with Gasteiger partial charge in [-0.15, -0.1) is 11.6 Å². The summed E-state index contributed by atoms with van der Waals surface area (Å²) in [4.78, 5) is 4.61. The predicted octanol–water partition coefficient (Wildman–Crippen LogP) is 5.46. The van der Waals surface area contributed by atoms with Crippen LogP contribution in [0.5, 0.6) is 0 Å². The first-order valence-corrected chi connectivity index (χ1v) is 9.68. The molecule has 110 valence electrons. The number of aryl methyl sites for hydroxylation is 1. The Morgan fingerprint density at radius 1 is 1.25 bits per heavy atom. The Kier molecular flexibility index (Phi) is 6.72. The van der Waals surface area contributed by atoms with Gasteiger partial charge in [-0.3, -0.25) is 0 Å². The molecule has 0 aliphatic carbocycles. The van der Waals surface area contributed by atoms with Crippen LogP contribution >= 0.6 is 39.3 Å². The number of aromatic nitrogens is 2. The van der Waals surface area contributed by atoms with Crippen molar-refractivity contribution in [2.75, 3.05) is 12.0 Å². The Labute approximate surface area is 138 Å². The molecule has 0 fully saturated rings. The first-order valence-electron chi connectivity index (χ1n) is 6.96. The molecule has 0 bridgehead atoms. The van der Waals surface area contributed by atoms with E-state index < -0.39 is 0 Å². The van der Waals surface area contributed by atoms with Crippen molar-refractivity contribution >= 4 is 50.3 Å². The number of thioether (sulfide) groups is 1. The van der Waals surface area contributed by atoms with E-state index in [0.717, 1.165) is 22.4 Å². The van der Waals surface area contributed by atoms with E-state index in [1.807, 2.05) is 23.9 Å². The highest BCUT2D eigenvalue weighted by atomic mass is 79.9. The molecule has 5 heteroatoms. The van der Waals surface area contributed by atoms with Crippen molar-refractivity contribution in [2.45, 2.75) is 38.1 Å². The minimum absolute atomic E-state index is 0.471. The number of rotatable bonds is 8. The molecule has 0 unspecified atom stereocenters. The second-order valence-electron chi connectivity index (χ2n) is 4.85. The Hall–Kier alpha value is -0.190. The summed E-state index contributed by atoms with van der Waals surface area (Å²) in [7, 11) is 0. The van der Waals surface area contributed by atoms with Gasteiger partial charge in [-0.05, 0) is 43.0 Å². The molecular formula is C15H20BrClN2S. The van der Waals surface area contributed by atoms with Crippen molar-refractivity contribution in [3.05, 3.63) is 28.5 Å². The molecule has 0 saturated heterocycles. The van der Waals surface area contributed by atoms with E-state index in [9.17, 15) is 0 Å². The van der Waals surface area contributed by atoms with Gasteiger partial charge in [0.2, 0.25) is 0 Å². The lowest BCUT2D eigenvalue weighted by Crippen LogP contribution is -2.02. The van der Waals surface area contributed by atoms with Crippen LogP contribution in [0.1, 0.15) is 31.5 Å². The summed E-state index contributed by atoms with van der Waals surface area (Å²) in [6.07, 6.45) is 7.27. The van der Waals surface area contributed by atoms with Crippen LogP contribution in [-0.4, -0.2) is 21.6 Å². The SMILES string of the molecule is CSCCCCCCn1c(CCl)nc2ccc(Br)cc21. The molecular weight excluding hydrogens is 356 g/mol. The second-order valence-corrected chi connectivity index (χ2v) is 7.02. The lowest BCUT2D eigenvalue weighted by Gasteiger charge is -2.08. The molecule has 0 spiro atoms. The maximum absolute atomic E-state index is 6.03. The first-order chi connectivity index (χ1) is 9.76. The maximum atomic E-state index is 6.03. The molecule has 1 aromatic carbocycles. The maximum Gasteiger partial charge on any atom is 0.124 e. The van der Waals surface area contributed by atoms with Gasteiger partial charge in [-0.25, -0.2) is 4.98 Å². The van der Waals surface area contributed by atoms with Crippen LogP contribution in [0.25, 0.3) is 11.0 Å². The van der Waals surface area contributed by atoms with Gasteiger partial charge in [0.15, 0.2) is 0 Å². The topological polar surface area (TPSA) is 17.8 Å². The molecule has 0 atom stereocenters. The highest BCUT2D eigenvalue weighted by molar-refractivity contribution is 9.10. The van der Waals surface area contributed by atoms with E-state index in [-0.39, 0.29) is 0 Å². The fourth-order valence-electron chi connectivity index (χ4n) is 2.37. The Balaban J connectivity index is 2.02. The third-order valence-corrected chi connectivity index (χ3v) is 4.82. The van der Waals surface area contributed by atoms with Gasteiger partial charge in [-0.1, -0.05) is 28.8 Å². The van der Waals surface area contributed by atoms with Crippen LogP contribution < -0.4 is 0 Å². The number of nitrogens with zero attached hydrogens (tertiary/aromatic N) is 2. The first kappa shape index (κ1) is 16.2. The third-order valence-electron chi connectivity index (χ3n) is 3.39. The van der Waals surface area contributed by atoms with Gasteiger partial charge in [0.1, 0.15) is 5.82 Å². The van der Waals surface area contributed by atoms with Crippen molar-refractivity contribution in [1.82, 2.24) is 9.55 Å². The molecule has 1 aromatic heterocycles. The molecule has 20 heavy (non-hydrogen) atoms. The number of imidazole rings is 1. The summed E-state index contributed by atoms with van der Waals surface area (Å²) in [5.41, 5.74) is 2.21. The van der Waals surface area contributed by atoms with Crippen LogP contribution in [-0.2, 0) is 12.4 Å². The molecule has 2 nitrogen and oxygen atoms in total. The van der Waals surface area contributed by atoms with Gasteiger partial charge in [0, 0.05) is 11.0 Å². The van der Waals surface area contributed by atoms with Crippen LogP contribution in [0, 0.1) is 0 Å². The van der Waals surface area contributed by atoms with Crippen LogP contribution in [0.15, 0.2) is 22.7 Å². The summed E-state index contributed by atoms with van der Waals surface area (Å²) < 4.78 is 3.36. The minimum atomic E-state index is 0.471. The standard InChI is InChI=1S/C15H20BrClN2S/c1-20-9-5-3-2-4-8-19-14-10-12(16)6-7-13(14)18-15(19)11-17/h6-7,10H,2-5,8-9,11H2,1H3.